The van der Waals surface area contributed by atoms with Crippen LogP contribution in [0.15, 0.2) is 53.5 Å². The summed E-state index contributed by atoms with van der Waals surface area (Å²) in [6.07, 6.45) is 0.812. The molecule has 0 aliphatic heterocycles. The number of alkyl halides is 2. The number of ether oxygens (including phenoxy) is 3. The maximum absolute atomic E-state index is 12.4. The van der Waals surface area contributed by atoms with Crippen molar-refractivity contribution in [2.24, 2.45) is 4.99 Å². The van der Waals surface area contributed by atoms with Crippen molar-refractivity contribution < 1.29 is 23.0 Å². The van der Waals surface area contributed by atoms with Crippen LogP contribution in [-0.4, -0.2) is 39.4 Å². The quantitative estimate of drug-likeness (QED) is 0.186. The highest BCUT2D eigenvalue weighted by atomic mass is 127. The average Bonchev–Trinajstić information content (AvgIpc) is 2.70. The molecule has 30 heavy (non-hydrogen) atoms. The smallest absolute Gasteiger partial charge is 0.387 e. The van der Waals surface area contributed by atoms with Gasteiger partial charge in [0.25, 0.3) is 0 Å². The van der Waals surface area contributed by atoms with E-state index in [-0.39, 0.29) is 29.7 Å². The molecule has 0 unspecified atom stereocenters. The molecule has 0 fully saturated rings. The second kappa shape index (κ2) is 14.8. The number of aliphatic imine (C=N–C) groups is 1. The van der Waals surface area contributed by atoms with E-state index in [9.17, 15) is 8.78 Å². The SMILES string of the molecule is CCNC(=NCc1cccc(OC(F)F)c1)Nc1cccc(OCCCOC)c1.I. The standard InChI is InChI=1S/C21H27F2N3O3.HI/c1-3-24-21(25-15-16-7-4-10-19(13-16)29-20(22)23)26-17-8-5-9-18(14-17)28-12-6-11-27-2;/h4-5,7-10,13-14,20H,3,6,11-12,15H2,1-2H3,(H2,24,25,26);1H. The topological polar surface area (TPSA) is 64.1 Å². The molecular formula is C21H28F2IN3O3. The molecule has 0 bridgehead atoms. The van der Waals surface area contributed by atoms with E-state index < -0.39 is 6.61 Å². The molecule has 0 radical (unpaired) electrons. The third-order valence-corrected chi connectivity index (χ3v) is 3.75. The van der Waals surface area contributed by atoms with E-state index in [1.54, 1.807) is 25.3 Å². The van der Waals surface area contributed by atoms with Crippen molar-refractivity contribution in [2.75, 3.05) is 32.2 Å². The van der Waals surface area contributed by atoms with Gasteiger partial charge in [0.15, 0.2) is 5.96 Å². The minimum absolute atomic E-state index is 0. The number of benzene rings is 2. The molecule has 0 saturated carbocycles. The number of halogens is 3. The van der Waals surface area contributed by atoms with Gasteiger partial charge in [-0.05, 0) is 36.8 Å². The van der Waals surface area contributed by atoms with Gasteiger partial charge in [0.2, 0.25) is 0 Å². The first-order chi connectivity index (χ1) is 14.1. The Hall–Kier alpha value is -2.14. The lowest BCUT2D eigenvalue weighted by Crippen LogP contribution is -2.30. The summed E-state index contributed by atoms with van der Waals surface area (Å²) in [5, 5.41) is 6.38. The molecule has 0 atom stereocenters. The minimum atomic E-state index is -2.85. The molecule has 0 amide bonds. The van der Waals surface area contributed by atoms with Crippen LogP contribution in [0.5, 0.6) is 11.5 Å². The third kappa shape index (κ3) is 10.1. The fourth-order valence-corrected chi connectivity index (χ4v) is 2.49. The second-order valence-electron chi connectivity index (χ2n) is 6.07. The van der Waals surface area contributed by atoms with Crippen LogP contribution in [0, 0.1) is 0 Å². The van der Waals surface area contributed by atoms with Gasteiger partial charge in [-0.3, -0.25) is 0 Å². The summed E-state index contributed by atoms with van der Waals surface area (Å²) in [6, 6.07) is 14.1. The van der Waals surface area contributed by atoms with Gasteiger partial charge in [0.1, 0.15) is 11.5 Å². The highest BCUT2D eigenvalue weighted by Crippen LogP contribution is 2.18. The Balaban J connectivity index is 0.00000450. The van der Waals surface area contributed by atoms with Gasteiger partial charge in [0, 0.05) is 38.4 Å². The molecule has 6 nitrogen and oxygen atoms in total. The van der Waals surface area contributed by atoms with Crippen molar-refractivity contribution in [1.82, 2.24) is 5.32 Å². The lowest BCUT2D eigenvalue weighted by molar-refractivity contribution is -0.0498. The number of nitrogens with zero attached hydrogens (tertiary/aromatic N) is 1. The molecule has 0 aliphatic carbocycles. The highest BCUT2D eigenvalue weighted by molar-refractivity contribution is 14.0. The molecule has 0 aliphatic rings. The summed E-state index contributed by atoms with van der Waals surface area (Å²) in [7, 11) is 1.66. The van der Waals surface area contributed by atoms with Crippen molar-refractivity contribution >= 4 is 35.6 Å². The first-order valence-electron chi connectivity index (χ1n) is 9.41. The largest absolute Gasteiger partial charge is 0.493 e. The van der Waals surface area contributed by atoms with Gasteiger partial charge in [-0.15, -0.1) is 24.0 Å². The zero-order chi connectivity index (χ0) is 20.9. The molecule has 0 aromatic heterocycles. The molecule has 2 rings (SSSR count). The molecule has 0 saturated heterocycles. The summed E-state index contributed by atoms with van der Waals surface area (Å²) in [5.74, 6) is 1.44. The predicted octanol–water partition coefficient (Wildman–Crippen LogP) is 4.90. The number of anilines is 1. The second-order valence-corrected chi connectivity index (χ2v) is 6.07. The molecule has 2 aromatic rings. The Bertz CT molecular complexity index is 779. The minimum Gasteiger partial charge on any atom is -0.493 e. The average molecular weight is 535 g/mol. The van der Waals surface area contributed by atoms with Crippen molar-refractivity contribution in [1.29, 1.82) is 0 Å². The van der Waals surface area contributed by atoms with Gasteiger partial charge in [-0.25, -0.2) is 4.99 Å². The zero-order valence-corrected chi connectivity index (χ0v) is 19.4. The molecule has 2 aromatic carbocycles. The summed E-state index contributed by atoms with van der Waals surface area (Å²) in [6.45, 7) is 1.32. The van der Waals surface area contributed by atoms with Crippen LogP contribution in [0.3, 0.4) is 0 Å². The maximum Gasteiger partial charge on any atom is 0.387 e. The normalized spacial score (nSPS) is 11.0. The van der Waals surface area contributed by atoms with Crippen molar-refractivity contribution in [3.8, 4) is 11.5 Å². The lowest BCUT2D eigenvalue weighted by atomic mass is 10.2. The van der Waals surface area contributed by atoms with Gasteiger partial charge in [-0.1, -0.05) is 18.2 Å². The van der Waals surface area contributed by atoms with Gasteiger partial charge >= 0.3 is 6.61 Å². The molecule has 166 valence electrons. The van der Waals surface area contributed by atoms with Gasteiger partial charge in [0.05, 0.1) is 13.2 Å². The summed E-state index contributed by atoms with van der Waals surface area (Å²) >= 11 is 0. The Labute approximate surface area is 193 Å². The molecule has 0 heterocycles. The van der Waals surface area contributed by atoms with Crippen molar-refractivity contribution in [2.45, 2.75) is 26.5 Å². The lowest BCUT2D eigenvalue weighted by Gasteiger charge is -2.13. The van der Waals surface area contributed by atoms with Crippen LogP contribution >= 0.6 is 24.0 Å². The van der Waals surface area contributed by atoms with E-state index in [0.717, 1.165) is 23.4 Å². The highest BCUT2D eigenvalue weighted by Gasteiger charge is 2.05. The fraction of sp³-hybridized carbons (Fsp3) is 0.381. The first kappa shape index (κ1) is 25.9. The maximum atomic E-state index is 12.4. The van der Waals surface area contributed by atoms with Crippen LogP contribution in [0.2, 0.25) is 0 Å². The molecule has 0 spiro atoms. The van der Waals surface area contributed by atoms with Gasteiger partial charge < -0.3 is 24.8 Å². The Morgan fingerprint density at radius 2 is 1.83 bits per heavy atom. The van der Waals surface area contributed by atoms with Crippen molar-refractivity contribution in [3.05, 3.63) is 54.1 Å². The zero-order valence-electron chi connectivity index (χ0n) is 17.1. The predicted molar refractivity (Wildman–Crippen MR) is 125 cm³/mol. The Morgan fingerprint density at radius 3 is 2.57 bits per heavy atom. The van der Waals surface area contributed by atoms with E-state index in [1.165, 1.54) is 6.07 Å². The van der Waals surface area contributed by atoms with Crippen LogP contribution < -0.4 is 20.1 Å². The number of guanidine groups is 1. The first-order valence-corrected chi connectivity index (χ1v) is 9.41. The van der Waals surface area contributed by atoms with E-state index >= 15 is 0 Å². The van der Waals surface area contributed by atoms with E-state index in [2.05, 4.69) is 20.4 Å². The summed E-state index contributed by atoms with van der Waals surface area (Å²) < 4.78 is 39.9. The number of hydrogen-bond acceptors (Lipinski definition) is 4. The summed E-state index contributed by atoms with van der Waals surface area (Å²) in [5.41, 5.74) is 1.58. The van der Waals surface area contributed by atoms with Crippen molar-refractivity contribution in [3.63, 3.8) is 0 Å². The molecule has 2 N–H and O–H groups in total. The number of hydrogen-bond donors (Lipinski definition) is 2. The van der Waals surface area contributed by atoms with E-state index in [1.807, 2.05) is 31.2 Å². The summed E-state index contributed by atoms with van der Waals surface area (Å²) in [4.78, 5) is 4.51. The van der Waals surface area contributed by atoms with Crippen LogP contribution in [0.4, 0.5) is 14.5 Å². The fourth-order valence-electron chi connectivity index (χ4n) is 2.49. The third-order valence-electron chi connectivity index (χ3n) is 3.75. The van der Waals surface area contributed by atoms with Crippen LogP contribution in [-0.2, 0) is 11.3 Å². The van der Waals surface area contributed by atoms with E-state index in [4.69, 9.17) is 9.47 Å². The molecule has 9 heteroatoms. The Morgan fingerprint density at radius 1 is 1.07 bits per heavy atom. The number of methoxy groups -OCH3 is 1. The Kier molecular flexibility index (Phi) is 12.8. The molecular weight excluding hydrogens is 507 g/mol. The van der Waals surface area contributed by atoms with Crippen LogP contribution in [0.1, 0.15) is 18.9 Å². The number of nitrogens with one attached hydrogen (secondary N) is 2. The monoisotopic (exact) mass is 535 g/mol. The van der Waals surface area contributed by atoms with Crippen LogP contribution in [0.25, 0.3) is 0 Å². The van der Waals surface area contributed by atoms with Gasteiger partial charge in [-0.2, -0.15) is 8.78 Å². The van der Waals surface area contributed by atoms with E-state index in [0.29, 0.717) is 32.3 Å². The number of rotatable bonds is 11.